The van der Waals surface area contributed by atoms with E-state index in [-0.39, 0.29) is 17.1 Å². The number of hydrogen-bond donors (Lipinski definition) is 3. The van der Waals surface area contributed by atoms with Crippen molar-refractivity contribution in [1.82, 2.24) is 24.1 Å². The van der Waals surface area contributed by atoms with E-state index >= 15 is 0 Å². The first-order chi connectivity index (χ1) is 13.7. The Morgan fingerprint density at radius 3 is 2.48 bits per heavy atom. The smallest absolute Gasteiger partial charge is 0.253 e. The molecule has 0 saturated carbocycles. The first kappa shape index (κ1) is 18.5. The van der Waals surface area contributed by atoms with Crippen molar-refractivity contribution in [2.45, 2.75) is 20.8 Å². The second kappa shape index (κ2) is 6.33. The van der Waals surface area contributed by atoms with E-state index in [9.17, 15) is 9.90 Å². The Bertz CT molecular complexity index is 1300. The van der Waals surface area contributed by atoms with Gasteiger partial charge in [-0.25, -0.2) is 15.0 Å². The number of aromatic hydroxyl groups is 1. The summed E-state index contributed by atoms with van der Waals surface area (Å²) in [7, 11) is 1.87. The van der Waals surface area contributed by atoms with Crippen molar-refractivity contribution in [2.24, 2.45) is 12.8 Å². The maximum atomic E-state index is 12.1. The van der Waals surface area contributed by atoms with E-state index in [1.54, 1.807) is 36.0 Å². The van der Waals surface area contributed by atoms with Crippen LogP contribution in [0.15, 0.2) is 24.5 Å². The minimum absolute atomic E-state index is 0.115. The highest BCUT2D eigenvalue weighted by Gasteiger charge is 2.25. The molecule has 0 aliphatic rings. The summed E-state index contributed by atoms with van der Waals surface area (Å²) in [5, 5.41) is 10.7. The molecule has 0 spiro atoms. The lowest BCUT2D eigenvalue weighted by Crippen LogP contribution is -2.14. The summed E-state index contributed by atoms with van der Waals surface area (Å²) >= 11 is 0. The predicted octanol–water partition coefficient (Wildman–Crippen LogP) is 2.13. The zero-order valence-electron chi connectivity index (χ0n) is 16.6. The molecular weight excluding hydrogens is 370 g/mol. The van der Waals surface area contributed by atoms with Crippen molar-refractivity contribution in [3.8, 4) is 23.0 Å². The summed E-state index contributed by atoms with van der Waals surface area (Å²) in [6, 6.07) is 3.39. The van der Waals surface area contributed by atoms with Gasteiger partial charge in [-0.05, 0) is 32.4 Å². The molecule has 29 heavy (non-hydrogen) atoms. The summed E-state index contributed by atoms with van der Waals surface area (Å²) in [5.41, 5.74) is 15.4. The number of aromatic nitrogens is 5. The third-order valence-corrected chi connectivity index (χ3v) is 5.27. The lowest BCUT2D eigenvalue weighted by molar-refractivity contribution is 0.100. The molecule has 3 heterocycles. The number of nitrogen functional groups attached to an aromatic ring is 1. The van der Waals surface area contributed by atoms with Gasteiger partial charge in [0.15, 0.2) is 11.5 Å². The van der Waals surface area contributed by atoms with Gasteiger partial charge in [0.1, 0.15) is 23.1 Å². The zero-order chi connectivity index (χ0) is 21.0. The molecule has 148 valence electrons. The lowest BCUT2D eigenvalue weighted by Gasteiger charge is -2.15. The molecule has 9 nitrogen and oxygen atoms in total. The number of phenols is 1. The van der Waals surface area contributed by atoms with E-state index in [1.807, 2.05) is 25.5 Å². The van der Waals surface area contributed by atoms with Gasteiger partial charge in [-0.3, -0.25) is 9.36 Å². The topological polar surface area (TPSA) is 138 Å². The normalized spacial score (nSPS) is 11.3. The van der Waals surface area contributed by atoms with Crippen molar-refractivity contribution in [3.05, 3.63) is 47.0 Å². The van der Waals surface area contributed by atoms with Gasteiger partial charge in [0.05, 0.1) is 22.8 Å². The van der Waals surface area contributed by atoms with E-state index in [1.165, 1.54) is 0 Å². The summed E-state index contributed by atoms with van der Waals surface area (Å²) < 4.78 is 3.52. The number of primary amides is 1. The Kier molecular flexibility index (Phi) is 4.04. The van der Waals surface area contributed by atoms with Crippen LogP contribution in [0.3, 0.4) is 0 Å². The number of benzene rings is 1. The number of aryl methyl sites for hydroxylation is 2. The Balaban J connectivity index is 2.13. The van der Waals surface area contributed by atoms with Gasteiger partial charge in [0, 0.05) is 18.8 Å². The molecular formula is C20H21N7O2. The quantitative estimate of drug-likeness (QED) is 0.489. The van der Waals surface area contributed by atoms with Crippen molar-refractivity contribution in [1.29, 1.82) is 0 Å². The molecule has 0 saturated heterocycles. The third kappa shape index (κ3) is 2.62. The fourth-order valence-corrected chi connectivity index (χ4v) is 3.57. The summed E-state index contributed by atoms with van der Waals surface area (Å²) in [4.78, 5) is 25.5. The molecule has 0 atom stereocenters. The fraction of sp³-hybridized carbons (Fsp3) is 0.200. The van der Waals surface area contributed by atoms with E-state index in [0.29, 0.717) is 28.1 Å². The van der Waals surface area contributed by atoms with Crippen LogP contribution in [0.1, 0.15) is 27.3 Å². The Hall–Kier alpha value is -3.88. The van der Waals surface area contributed by atoms with Crippen molar-refractivity contribution in [2.75, 3.05) is 5.73 Å². The minimum atomic E-state index is -0.672. The molecule has 0 fully saturated rings. The summed E-state index contributed by atoms with van der Waals surface area (Å²) in [5.74, 6) is 0.845. The van der Waals surface area contributed by atoms with Crippen LogP contribution in [0.5, 0.6) is 5.75 Å². The predicted molar refractivity (Wildman–Crippen MR) is 110 cm³/mol. The molecule has 4 rings (SSSR count). The third-order valence-electron chi connectivity index (χ3n) is 5.27. The van der Waals surface area contributed by atoms with Gasteiger partial charge in [-0.15, -0.1) is 0 Å². The largest absolute Gasteiger partial charge is 0.508 e. The minimum Gasteiger partial charge on any atom is -0.508 e. The Morgan fingerprint density at radius 1 is 1.14 bits per heavy atom. The van der Waals surface area contributed by atoms with Crippen LogP contribution in [-0.2, 0) is 7.05 Å². The maximum absolute atomic E-state index is 12.1. The van der Waals surface area contributed by atoms with Gasteiger partial charge in [-0.1, -0.05) is 6.07 Å². The van der Waals surface area contributed by atoms with Crippen molar-refractivity contribution < 1.29 is 9.90 Å². The molecule has 0 radical (unpaired) electrons. The Labute approximate surface area is 166 Å². The first-order valence-corrected chi connectivity index (χ1v) is 8.97. The molecule has 0 aliphatic heterocycles. The summed E-state index contributed by atoms with van der Waals surface area (Å²) in [6.45, 7) is 5.55. The highest BCUT2D eigenvalue weighted by atomic mass is 16.3. The van der Waals surface area contributed by atoms with Crippen LogP contribution in [0.4, 0.5) is 5.82 Å². The number of imidazole rings is 1. The second-order valence-electron chi connectivity index (χ2n) is 7.02. The van der Waals surface area contributed by atoms with Crippen LogP contribution >= 0.6 is 0 Å². The molecule has 5 N–H and O–H groups in total. The first-order valence-electron chi connectivity index (χ1n) is 8.97. The number of phenolic OH excluding ortho intramolecular Hbond substituents is 1. The lowest BCUT2D eigenvalue weighted by atomic mass is 10.1. The molecule has 9 heteroatoms. The molecule has 1 amide bonds. The standard InChI is InChI=1S/C20H21N7O2/c1-9-5-6-14(28)10(2)16(9)27-17(21)15(18(22)29)12-7-24-19(25-20(12)27)13-8-23-11(3)26(13)4/h5-8,28H,21H2,1-4H3,(H2,22,29). The number of nitrogens with two attached hydrogens (primary N) is 2. The van der Waals surface area contributed by atoms with Crippen LogP contribution < -0.4 is 11.5 Å². The van der Waals surface area contributed by atoms with Crippen molar-refractivity contribution >= 4 is 22.8 Å². The van der Waals surface area contributed by atoms with Crippen molar-refractivity contribution in [3.63, 3.8) is 0 Å². The average molecular weight is 391 g/mol. The molecule has 1 aromatic carbocycles. The number of nitrogens with zero attached hydrogens (tertiary/aromatic N) is 5. The van der Waals surface area contributed by atoms with Crippen LogP contribution in [-0.4, -0.2) is 35.1 Å². The molecule has 0 unspecified atom stereocenters. The number of rotatable bonds is 3. The van der Waals surface area contributed by atoms with E-state index in [4.69, 9.17) is 16.5 Å². The monoisotopic (exact) mass is 391 g/mol. The van der Waals surface area contributed by atoms with Gasteiger partial charge >= 0.3 is 0 Å². The van der Waals surface area contributed by atoms with Crippen LogP contribution in [0.2, 0.25) is 0 Å². The second-order valence-corrected chi connectivity index (χ2v) is 7.02. The van der Waals surface area contributed by atoms with Crippen LogP contribution in [0, 0.1) is 20.8 Å². The molecule has 3 aromatic heterocycles. The van der Waals surface area contributed by atoms with Crippen LogP contribution in [0.25, 0.3) is 28.2 Å². The number of hydrogen-bond acceptors (Lipinski definition) is 6. The van der Waals surface area contributed by atoms with E-state index in [2.05, 4.69) is 9.97 Å². The molecule has 0 aliphatic carbocycles. The fourth-order valence-electron chi connectivity index (χ4n) is 3.57. The SMILES string of the molecule is Cc1ccc(O)c(C)c1-n1c(N)c(C(N)=O)c2cnc(-c3cnc(C)n3C)nc21. The highest BCUT2D eigenvalue weighted by Crippen LogP contribution is 2.35. The number of fused-ring (bicyclic) bond motifs is 1. The number of carbonyl (C=O) groups excluding carboxylic acids is 1. The van der Waals surface area contributed by atoms with Gasteiger partial charge in [-0.2, -0.15) is 0 Å². The van der Waals surface area contributed by atoms with Gasteiger partial charge in [0.2, 0.25) is 0 Å². The molecule has 0 bridgehead atoms. The average Bonchev–Trinajstić information content (AvgIpc) is 3.15. The zero-order valence-corrected chi connectivity index (χ0v) is 16.6. The maximum Gasteiger partial charge on any atom is 0.253 e. The Morgan fingerprint density at radius 2 is 1.86 bits per heavy atom. The highest BCUT2D eigenvalue weighted by molar-refractivity contribution is 6.11. The van der Waals surface area contributed by atoms with Gasteiger partial charge < -0.3 is 21.1 Å². The number of amides is 1. The molecule has 4 aromatic rings. The van der Waals surface area contributed by atoms with E-state index in [0.717, 1.165) is 17.1 Å². The van der Waals surface area contributed by atoms with Gasteiger partial charge in [0.25, 0.3) is 5.91 Å². The number of anilines is 1. The number of carbonyl (C=O) groups is 1. The van der Waals surface area contributed by atoms with E-state index < -0.39 is 5.91 Å². The summed E-state index contributed by atoms with van der Waals surface area (Å²) in [6.07, 6.45) is 3.23.